The molecule has 1 N–H and O–H groups in total. The number of nitrogens with one attached hydrogen (secondary N) is 1. The lowest BCUT2D eigenvalue weighted by Crippen LogP contribution is -2.04. The fraction of sp³-hybridized carbons (Fsp3) is 0.0588. The zero-order valence-electron chi connectivity index (χ0n) is 10.6. The summed E-state index contributed by atoms with van der Waals surface area (Å²) in [7, 11) is 0. The average molecular weight is 326 g/mol. The van der Waals surface area contributed by atoms with Crippen molar-refractivity contribution in [2.24, 2.45) is 0 Å². The maximum absolute atomic E-state index is 5.58. The van der Waals surface area contributed by atoms with Gasteiger partial charge >= 0.3 is 0 Å². The van der Waals surface area contributed by atoms with E-state index in [1.165, 1.54) is 16.5 Å². The van der Waals surface area contributed by atoms with Gasteiger partial charge in [0.25, 0.3) is 0 Å². The third-order valence-corrected chi connectivity index (χ3v) is 4.22. The van der Waals surface area contributed by atoms with Gasteiger partial charge in [-0.1, -0.05) is 40.2 Å². The Kier molecular flexibility index (Phi) is 2.67. The Morgan fingerprint density at radius 1 is 1.05 bits per heavy atom. The summed E-state index contributed by atoms with van der Waals surface area (Å²) < 4.78 is 6.67. The number of halogens is 1. The first-order valence-corrected chi connectivity index (χ1v) is 7.31. The monoisotopic (exact) mass is 325 g/mol. The Morgan fingerprint density at radius 2 is 1.95 bits per heavy atom. The molecule has 4 rings (SSSR count). The first-order chi connectivity index (χ1) is 9.83. The highest BCUT2D eigenvalue weighted by molar-refractivity contribution is 9.10. The van der Waals surface area contributed by atoms with Crippen molar-refractivity contribution in [1.82, 2.24) is 4.98 Å². The smallest absolute Gasteiger partial charge is 0.130 e. The standard InChI is InChI=1S/C17H12BrNO/c18-11-5-6-13-15(10-19-16(13)9-11)12-7-8-20-17-4-2-1-3-14(12)17/h1-10,12,19H. The lowest BCUT2D eigenvalue weighted by molar-refractivity contribution is 0.459. The van der Waals surface area contributed by atoms with Crippen molar-refractivity contribution >= 4 is 26.8 Å². The lowest BCUT2D eigenvalue weighted by atomic mass is 9.89. The number of ether oxygens (including phenoxy) is 1. The number of aromatic nitrogens is 1. The minimum atomic E-state index is 0.231. The molecule has 1 aliphatic rings. The number of allylic oxidation sites excluding steroid dienone is 1. The van der Waals surface area contributed by atoms with E-state index in [-0.39, 0.29) is 5.92 Å². The van der Waals surface area contributed by atoms with E-state index in [1.807, 2.05) is 12.1 Å². The Hall–Kier alpha value is -2.00. The van der Waals surface area contributed by atoms with Crippen LogP contribution in [0, 0.1) is 0 Å². The summed E-state index contributed by atoms with van der Waals surface area (Å²) in [5, 5.41) is 1.25. The molecule has 0 amide bonds. The van der Waals surface area contributed by atoms with Gasteiger partial charge < -0.3 is 9.72 Å². The number of hydrogen-bond acceptors (Lipinski definition) is 1. The van der Waals surface area contributed by atoms with Gasteiger partial charge in [-0.25, -0.2) is 0 Å². The SMILES string of the molecule is Brc1ccc2c(C3C=COc4ccccc43)c[nH]c2c1. The molecule has 0 saturated heterocycles. The molecule has 0 fully saturated rings. The van der Waals surface area contributed by atoms with E-state index >= 15 is 0 Å². The van der Waals surface area contributed by atoms with Gasteiger partial charge in [-0.15, -0.1) is 0 Å². The van der Waals surface area contributed by atoms with Gasteiger partial charge in [0.1, 0.15) is 5.75 Å². The highest BCUT2D eigenvalue weighted by Crippen LogP contribution is 2.39. The van der Waals surface area contributed by atoms with Crippen molar-refractivity contribution in [3.63, 3.8) is 0 Å². The van der Waals surface area contributed by atoms with E-state index < -0.39 is 0 Å². The molecule has 3 heteroatoms. The van der Waals surface area contributed by atoms with Gasteiger partial charge in [-0.3, -0.25) is 0 Å². The van der Waals surface area contributed by atoms with Gasteiger partial charge in [-0.05, 0) is 29.8 Å². The predicted octanol–water partition coefficient (Wildman–Crippen LogP) is 4.97. The van der Waals surface area contributed by atoms with Crippen molar-refractivity contribution in [2.75, 3.05) is 0 Å². The summed E-state index contributed by atoms with van der Waals surface area (Å²) in [6.45, 7) is 0. The summed E-state index contributed by atoms with van der Waals surface area (Å²) >= 11 is 3.51. The Balaban J connectivity index is 1.91. The topological polar surface area (TPSA) is 25.0 Å². The molecule has 1 unspecified atom stereocenters. The van der Waals surface area contributed by atoms with Crippen LogP contribution in [-0.2, 0) is 0 Å². The summed E-state index contributed by atoms with van der Waals surface area (Å²) in [6, 6.07) is 14.5. The molecule has 0 bridgehead atoms. The largest absolute Gasteiger partial charge is 0.465 e. The Morgan fingerprint density at radius 3 is 2.90 bits per heavy atom. The molecule has 1 aliphatic heterocycles. The zero-order valence-corrected chi connectivity index (χ0v) is 12.2. The molecule has 20 heavy (non-hydrogen) atoms. The van der Waals surface area contributed by atoms with E-state index in [0.717, 1.165) is 15.7 Å². The molecule has 0 spiro atoms. The molecule has 1 atom stereocenters. The number of para-hydroxylation sites is 1. The molecule has 2 nitrogen and oxygen atoms in total. The van der Waals surface area contributed by atoms with Gasteiger partial charge in [-0.2, -0.15) is 0 Å². The minimum absolute atomic E-state index is 0.231. The summed E-state index contributed by atoms with van der Waals surface area (Å²) in [5.41, 5.74) is 3.63. The van der Waals surface area contributed by atoms with Crippen molar-refractivity contribution in [2.45, 2.75) is 5.92 Å². The molecule has 3 aromatic rings. The quantitative estimate of drug-likeness (QED) is 0.671. The first-order valence-electron chi connectivity index (χ1n) is 6.52. The van der Waals surface area contributed by atoms with Gasteiger partial charge in [0, 0.05) is 33.1 Å². The zero-order chi connectivity index (χ0) is 13.5. The molecular weight excluding hydrogens is 314 g/mol. The van der Waals surface area contributed by atoms with E-state index in [1.54, 1.807) is 6.26 Å². The van der Waals surface area contributed by atoms with Crippen LogP contribution in [0.4, 0.5) is 0 Å². The normalized spacial score (nSPS) is 16.9. The van der Waals surface area contributed by atoms with Gasteiger partial charge in [0.05, 0.1) is 6.26 Å². The molecular formula is C17H12BrNO. The molecule has 0 radical (unpaired) electrons. The summed E-state index contributed by atoms with van der Waals surface area (Å²) in [6.07, 6.45) is 5.98. The van der Waals surface area contributed by atoms with Crippen LogP contribution in [0.5, 0.6) is 5.75 Å². The fourth-order valence-corrected chi connectivity index (χ4v) is 3.15. The van der Waals surface area contributed by atoms with Crippen molar-refractivity contribution in [3.8, 4) is 5.75 Å². The van der Waals surface area contributed by atoms with Crippen LogP contribution in [0.3, 0.4) is 0 Å². The highest BCUT2D eigenvalue weighted by Gasteiger charge is 2.21. The molecule has 2 aromatic carbocycles. The first kappa shape index (κ1) is 11.8. The lowest BCUT2D eigenvalue weighted by Gasteiger charge is -2.20. The molecule has 98 valence electrons. The summed E-state index contributed by atoms with van der Waals surface area (Å²) in [4.78, 5) is 3.35. The number of fused-ring (bicyclic) bond motifs is 2. The third-order valence-electron chi connectivity index (χ3n) is 3.73. The van der Waals surface area contributed by atoms with Crippen molar-refractivity contribution in [3.05, 3.63) is 76.6 Å². The van der Waals surface area contributed by atoms with E-state index in [2.05, 4.69) is 63.5 Å². The number of benzene rings is 2. The van der Waals surface area contributed by atoms with Gasteiger partial charge in [0.2, 0.25) is 0 Å². The van der Waals surface area contributed by atoms with Crippen LogP contribution >= 0.6 is 15.9 Å². The summed E-state index contributed by atoms with van der Waals surface area (Å²) in [5.74, 6) is 1.17. The van der Waals surface area contributed by atoms with Crippen LogP contribution in [0.15, 0.2) is 65.5 Å². The highest BCUT2D eigenvalue weighted by atomic mass is 79.9. The van der Waals surface area contributed by atoms with Crippen LogP contribution < -0.4 is 4.74 Å². The Labute approximate surface area is 125 Å². The molecule has 1 aromatic heterocycles. The van der Waals surface area contributed by atoms with Gasteiger partial charge in [0.15, 0.2) is 0 Å². The maximum Gasteiger partial charge on any atom is 0.130 e. The minimum Gasteiger partial charge on any atom is -0.465 e. The number of aromatic amines is 1. The number of hydrogen-bond donors (Lipinski definition) is 1. The second kappa shape index (κ2) is 4.53. The second-order valence-electron chi connectivity index (χ2n) is 4.90. The molecule has 2 heterocycles. The van der Waals surface area contributed by atoms with E-state index in [9.17, 15) is 0 Å². The van der Waals surface area contributed by atoms with Crippen molar-refractivity contribution < 1.29 is 4.74 Å². The van der Waals surface area contributed by atoms with E-state index in [4.69, 9.17) is 4.74 Å². The van der Waals surface area contributed by atoms with E-state index in [0.29, 0.717) is 0 Å². The van der Waals surface area contributed by atoms with Crippen LogP contribution in [0.1, 0.15) is 17.0 Å². The van der Waals surface area contributed by atoms with Crippen LogP contribution in [0.2, 0.25) is 0 Å². The number of rotatable bonds is 1. The average Bonchev–Trinajstić information content (AvgIpc) is 2.89. The molecule has 0 saturated carbocycles. The maximum atomic E-state index is 5.58. The van der Waals surface area contributed by atoms with Crippen LogP contribution in [0.25, 0.3) is 10.9 Å². The van der Waals surface area contributed by atoms with Crippen LogP contribution in [-0.4, -0.2) is 4.98 Å². The van der Waals surface area contributed by atoms with Crippen molar-refractivity contribution in [1.29, 1.82) is 0 Å². The second-order valence-corrected chi connectivity index (χ2v) is 5.81. The molecule has 0 aliphatic carbocycles. The fourth-order valence-electron chi connectivity index (χ4n) is 2.79. The predicted molar refractivity (Wildman–Crippen MR) is 84.1 cm³/mol. The Bertz CT molecular complexity index is 819. The number of H-pyrrole nitrogens is 1. The third kappa shape index (κ3) is 1.78.